The Morgan fingerprint density at radius 1 is 0.294 bits per heavy atom. The fourth-order valence-electron chi connectivity index (χ4n) is 5.60. The molecule has 2 atom stereocenters. The molecule has 0 bridgehead atoms. The molecule has 308 valence electrons. The lowest BCUT2D eigenvalue weighted by atomic mass is 10.3. The van der Waals surface area contributed by atoms with Crippen molar-refractivity contribution in [3.63, 3.8) is 0 Å². The van der Waals surface area contributed by atoms with Crippen molar-refractivity contribution in [3.8, 4) is 0 Å². The van der Waals surface area contributed by atoms with Gasteiger partial charge in [0.1, 0.15) is 0 Å². The zero-order chi connectivity index (χ0) is 38.2. The molecule has 0 rings (SSSR count). The van der Waals surface area contributed by atoms with E-state index in [4.69, 9.17) is 38.9 Å². The van der Waals surface area contributed by atoms with E-state index in [0.717, 1.165) is 129 Å². The molecule has 0 aromatic rings. The fraction of sp³-hybridized carbons (Fsp3) is 1.00. The van der Waals surface area contributed by atoms with Crippen LogP contribution in [0.1, 0.15) is 105 Å². The van der Waals surface area contributed by atoms with Gasteiger partial charge in [0.2, 0.25) is 0 Å². The first-order chi connectivity index (χ1) is 24.7. The minimum Gasteiger partial charge on any atom is -0.378 e. The largest absolute Gasteiger partial charge is 0.493 e. The van der Waals surface area contributed by atoms with Gasteiger partial charge in [-0.25, -0.2) is 0 Å². The number of rotatable bonds is 40. The summed E-state index contributed by atoms with van der Waals surface area (Å²) in [4.78, 5) is 0. The van der Waals surface area contributed by atoms with Crippen LogP contribution in [0.15, 0.2) is 0 Å². The van der Waals surface area contributed by atoms with Gasteiger partial charge in [-0.3, -0.25) is 0 Å². The molecule has 2 unspecified atom stereocenters. The van der Waals surface area contributed by atoms with Crippen molar-refractivity contribution in [2.45, 2.75) is 129 Å². The molecule has 51 heavy (non-hydrogen) atoms. The molecule has 0 aliphatic rings. The first-order valence-corrected chi connectivity index (χ1v) is 27.7. The third-order valence-corrected chi connectivity index (χ3v) is 24.0. The van der Waals surface area contributed by atoms with Gasteiger partial charge in [-0.15, -0.1) is 0 Å². The van der Waals surface area contributed by atoms with Crippen LogP contribution in [0.4, 0.5) is 0 Å². The normalized spacial score (nSPS) is 14.9. The molecule has 0 aromatic heterocycles. The van der Waals surface area contributed by atoms with Crippen LogP contribution in [0.5, 0.6) is 0 Å². The Morgan fingerprint density at radius 2 is 0.490 bits per heavy atom. The van der Waals surface area contributed by atoms with Crippen molar-refractivity contribution in [2.75, 3.05) is 95.0 Å². The second-order valence-corrected chi connectivity index (χ2v) is 25.5. The second kappa shape index (κ2) is 32.6. The molecule has 0 heterocycles. The van der Waals surface area contributed by atoms with Crippen LogP contribution < -0.4 is 21.3 Å². The predicted molar refractivity (Wildman–Crippen MR) is 217 cm³/mol. The van der Waals surface area contributed by atoms with Gasteiger partial charge in [-0.2, -0.15) is 0 Å². The topological polar surface area (TPSA) is 131 Å². The highest BCUT2D eigenvalue weighted by Crippen LogP contribution is 2.34. The lowest BCUT2D eigenvalue weighted by molar-refractivity contribution is 0.0605. The fourth-order valence-corrected chi connectivity index (χ4v) is 21.5. The molecule has 0 radical (unpaired) electrons. The minimum atomic E-state index is -3.57. The highest BCUT2D eigenvalue weighted by Gasteiger charge is 2.61. The zero-order valence-corrected chi connectivity index (χ0v) is 38.6. The Bertz CT molecular complexity index is 723. The van der Waals surface area contributed by atoms with Crippen molar-refractivity contribution < 1.29 is 38.9 Å². The summed E-state index contributed by atoms with van der Waals surface area (Å²) >= 11 is 0. The van der Waals surface area contributed by atoms with Crippen molar-refractivity contribution in [3.05, 3.63) is 0 Å². The number of hydrogen-bond acceptors (Lipinski definition) is 13. The maximum absolute atomic E-state index is 7.27. The minimum absolute atomic E-state index is 0.547. The average Bonchev–Trinajstić information content (AvgIpc) is 3.16. The Balaban J connectivity index is 6.58. The van der Waals surface area contributed by atoms with Gasteiger partial charge >= 0.3 is 35.2 Å². The summed E-state index contributed by atoms with van der Waals surface area (Å²) in [5, 5.41) is 14.2. The van der Waals surface area contributed by atoms with E-state index in [1.807, 2.05) is 0 Å². The van der Waals surface area contributed by atoms with Crippen molar-refractivity contribution in [1.29, 1.82) is 0 Å². The third kappa shape index (κ3) is 22.5. The molecule has 13 nitrogen and oxygen atoms in total. The molecule has 0 aliphatic carbocycles. The van der Waals surface area contributed by atoms with Gasteiger partial charge in [0.05, 0.1) is 0 Å². The molecular formula is C34H82N4O9Si4. The summed E-state index contributed by atoms with van der Waals surface area (Å²) in [6, 6.07) is 2.34. The molecule has 0 spiro atoms. The van der Waals surface area contributed by atoms with Gasteiger partial charge < -0.3 is 60.2 Å². The number of nitrogens with one attached hydrogen (secondary N) is 4. The molecule has 4 N–H and O–H groups in total. The van der Waals surface area contributed by atoms with Crippen LogP contribution in [-0.4, -0.2) is 130 Å². The summed E-state index contributed by atoms with van der Waals surface area (Å²) in [5.41, 5.74) is 0. The highest BCUT2D eigenvalue weighted by atomic mass is 28.5. The molecule has 0 amide bonds. The van der Waals surface area contributed by atoms with Crippen molar-refractivity contribution in [1.82, 2.24) is 21.3 Å². The Hall–Kier alpha value is 0.348. The van der Waals surface area contributed by atoms with Gasteiger partial charge in [0.15, 0.2) is 0 Å². The van der Waals surface area contributed by atoms with E-state index in [1.165, 1.54) is 0 Å². The molecular weight excluding hydrogens is 721 g/mol. The van der Waals surface area contributed by atoms with Gasteiger partial charge in [0, 0.05) is 66.8 Å². The molecule has 0 aliphatic heterocycles. The monoisotopic (exact) mass is 803 g/mol. The van der Waals surface area contributed by atoms with Gasteiger partial charge in [0.25, 0.3) is 0 Å². The predicted octanol–water partition coefficient (Wildman–Crippen LogP) is 5.79. The van der Waals surface area contributed by atoms with Crippen LogP contribution >= 0.6 is 0 Å². The summed E-state index contributed by atoms with van der Waals surface area (Å²) in [6.07, 6.45) is 12.4. The first-order valence-electron chi connectivity index (χ1n) is 20.0. The lowest BCUT2D eigenvalue weighted by Crippen LogP contribution is -2.66. The number of unbranched alkanes of at least 4 members (excludes halogenated alkanes) is 4. The Morgan fingerprint density at radius 3 is 0.706 bits per heavy atom. The standard InChI is InChI=1S/C34H82N4O9Si4/c1-11-15-23-35-27-19-31-48(39-5,40-6)45-50(43-9,33-21-29-37-25-17-13-3)47-51(44-10,34-22-30-38-26-18-14-4)46-49(41-7,42-8)32-20-28-36-24-16-12-2/h35-38H,11-34H2,1-10H3. The Kier molecular flexibility index (Phi) is 32.8. The summed E-state index contributed by atoms with van der Waals surface area (Å²) in [6.45, 7) is 16.0. The first kappa shape index (κ1) is 51.3. The molecule has 0 saturated heterocycles. The van der Waals surface area contributed by atoms with Crippen molar-refractivity contribution >= 4 is 35.2 Å². The summed E-state index contributed by atoms with van der Waals surface area (Å²) < 4.78 is 58.9. The van der Waals surface area contributed by atoms with Gasteiger partial charge in [-0.05, 0) is 104 Å². The summed E-state index contributed by atoms with van der Waals surface area (Å²) in [7, 11) is -3.59. The number of hydrogen-bond donors (Lipinski definition) is 4. The zero-order valence-electron chi connectivity index (χ0n) is 34.6. The SMILES string of the molecule is CCCCNCCC[Si](OC)(OC)O[Si](CCCNCCCC)(OC)O[Si](CCCNCCCC)(OC)O[Si](CCCNCCCC)(OC)OC. The lowest BCUT2D eigenvalue weighted by Gasteiger charge is -2.43. The van der Waals surface area contributed by atoms with Crippen LogP contribution in [-0.2, 0) is 38.9 Å². The molecule has 0 aromatic carbocycles. The van der Waals surface area contributed by atoms with Gasteiger partial charge in [-0.1, -0.05) is 53.4 Å². The quantitative estimate of drug-likeness (QED) is 0.0441. The van der Waals surface area contributed by atoms with Crippen LogP contribution in [0.2, 0.25) is 24.2 Å². The third-order valence-electron chi connectivity index (χ3n) is 8.97. The van der Waals surface area contributed by atoms with Crippen LogP contribution in [0.3, 0.4) is 0 Å². The van der Waals surface area contributed by atoms with Crippen molar-refractivity contribution in [2.24, 2.45) is 0 Å². The second-order valence-electron chi connectivity index (χ2n) is 13.1. The molecule has 0 fully saturated rings. The van der Waals surface area contributed by atoms with Crippen LogP contribution in [0, 0.1) is 0 Å². The van der Waals surface area contributed by atoms with E-state index in [-0.39, 0.29) is 0 Å². The molecule has 17 heteroatoms. The Labute approximate surface area is 318 Å². The van der Waals surface area contributed by atoms with E-state index >= 15 is 0 Å². The summed E-state index contributed by atoms with van der Waals surface area (Å²) in [5.74, 6) is 0. The van der Waals surface area contributed by atoms with E-state index in [1.54, 1.807) is 42.7 Å². The van der Waals surface area contributed by atoms with E-state index in [9.17, 15) is 0 Å². The maximum atomic E-state index is 7.27. The maximum Gasteiger partial charge on any atom is 0.493 e. The van der Waals surface area contributed by atoms with E-state index in [0.29, 0.717) is 24.2 Å². The average molecular weight is 803 g/mol. The van der Waals surface area contributed by atoms with Crippen LogP contribution in [0.25, 0.3) is 0 Å². The van der Waals surface area contributed by atoms with E-state index < -0.39 is 35.2 Å². The smallest absolute Gasteiger partial charge is 0.378 e. The molecule has 0 saturated carbocycles. The highest BCUT2D eigenvalue weighted by molar-refractivity contribution is 6.83. The van der Waals surface area contributed by atoms with E-state index in [2.05, 4.69) is 49.0 Å².